The topological polar surface area (TPSA) is 108 Å². The largest absolute Gasteiger partial charge is 0.487 e. The maximum absolute atomic E-state index is 12.2. The number of rotatable bonds is 7. The highest BCUT2D eigenvalue weighted by molar-refractivity contribution is 5.92. The number of amides is 1. The summed E-state index contributed by atoms with van der Waals surface area (Å²) in [7, 11) is 0. The van der Waals surface area contributed by atoms with E-state index in [1.807, 2.05) is 42.5 Å². The highest BCUT2D eigenvalue weighted by atomic mass is 16.6. The molecule has 2 heterocycles. The van der Waals surface area contributed by atoms with Gasteiger partial charge in [0.15, 0.2) is 5.76 Å². The van der Waals surface area contributed by atoms with Gasteiger partial charge in [-0.2, -0.15) is 0 Å². The van der Waals surface area contributed by atoms with Crippen LogP contribution in [0.1, 0.15) is 34.8 Å². The van der Waals surface area contributed by atoms with Crippen molar-refractivity contribution in [2.24, 2.45) is 0 Å². The normalized spacial score (nSPS) is 11.6. The molecular weight excluding hydrogens is 350 g/mol. The number of hydrogen-bond donors (Lipinski definition) is 1. The summed E-state index contributed by atoms with van der Waals surface area (Å²) in [5.74, 6) is -0.475. The van der Waals surface area contributed by atoms with Gasteiger partial charge in [0.25, 0.3) is 5.91 Å². The standard InChI is InChI=1S/C19H17N3O5/c1-13(21-19(23)17-8-9-18(27-17)22(24)25)14-5-4-7-16(11-14)26-12-15-6-2-3-10-20-15/h2-11,13H,12H2,1H3,(H,21,23)/t13-/m1/s1. The van der Waals surface area contributed by atoms with Crippen molar-refractivity contribution in [2.45, 2.75) is 19.6 Å². The van der Waals surface area contributed by atoms with Crippen molar-refractivity contribution >= 4 is 11.8 Å². The van der Waals surface area contributed by atoms with Crippen molar-refractivity contribution in [3.05, 3.63) is 87.9 Å². The molecule has 0 saturated carbocycles. The lowest BCUT2D eigenvalue weighted by atomic mass is 10.1. The number of carbonyl (C=O) groups is 1. The maximum atomic E-state index is 12.2. The summed E-state index contributed by atoms with van der Waals surface area (Å²) >= 11 is 0. The van der Waals surface area contributed by atoms with E-state index in [1.165, 1.54) is 6.07 Å². The van der Waals surface area contributed by atoms with Gasteiger partial charge >= 0.3 is 5.88 Å². The molecule has 1 N–H and O–H groups in total. The van der Waals surface area contributed by atoms with Crippen LogP contribution < -0.4 is 10.1 Å². The van der Waals surface area contributed by atoms with E-state index in [-0.39, 0.29) is 11.8 Å². The van der Waals surface area contributed by atoms with Crippen molar-refractivity contribution in [3.63, 3.8) is 0 Å². The number of furan rings is 1. The molecule has 8 heteroatoms. The minimum atomic E-state index is -0.692. The van der Waals surface area contributed by atoms with Crippen molar-refractivity contribution in [2.75, 3.05) is 0 Å². The molecule has 0 fully saturated rings. The van der Waals surface area contributed by atoms with Crippen LogP contribution in [0.2, 0.25) is 0 Å². The van der Waals surface area contributed by atoms with Crippen LogP contribution in [-0.2, 0) is 6.61 Å². The molecule has 3 rings (SSSR count). The molecule has 0 saturated heterocycles. The summed E-state index contributed by atoms with van der Waals surface area (Å²) in [5.41, 5.74) is 1.63. The van der Waals surface area contributed by atoms with Crippen LogP contribution in [0.3, 0.4) is 0 Å². The van der Waals surface area contributed by atoms with E-state index in [0.29, 0.717) is 12.4 Å². The number of carbonyl (C=O) groups excluding carboxylic acids is 1. The third kappa shape index (κ3) is 4.69. The summed E-state index contributed by atoms with van der Waals surface area (Å²) < 4.78 is 10.6. The van der Waals surface area contributed by atoms with Gasteiger partial charge in [-0.1, -0.05) is 18.2 Å². The van der Waals surface area contributed by atoms with E-state index < -0.39 is 16.7 Å². The highest BCUT2D eigenvalue weighted by Gasteiger charge is 2.19. The zero-order valence-electron chi connectivity index (χ0n) is 14.5. The molecule has 0 radical (unpaired) electrons. The molecule has 1 atom stereocenters. The Kier molecular flexibility index (Phi) is 5.46. The third-order valence-corrected chi connectivity index (χ3v) is 3.81. The van der Waals surface area contributed by atoms with Crippen LogP contribution >= 0.6 is 0 Å². The van der Waals surface area contributed by atoms with Crippen LogP contribution in [0.15, 0.2) is 65.2 Å². The number of pyridine rings is 1. The summed E-state index contributed by atoms with van der Waals surface area (Å²) in [6.07, 6.45) is 1.70. The zero-order chi connectivity index (χ0) is 19.2. The minimum absolute atomic E-state index is 0.115. The summed E-state index contributed by atoms with van der Waals surface area (Å²) in [4.78, 5) is 26.3. The zero-order valence-corrected chi connectivity index (χ0v) is 14.5. The molecule has 1 amide bonds. The van der Waals surface area contributed by atoms with E-state index in [1.54, 1.807) is 13.1 Å². The molecule has 0 bridgehead atoms. The summed E-state index contributed by atoms with van der Waals surface area (Å²) in [5, 5.41) is 13.4. The maximum Gasteiger partial charge on any atom is 0.433 e. The first-order valence-corrected chi connectivity index (χ1v) is 8.20. The van der Waals surface area contributed by atoms with Crippen LogP contribution in [0.5, 0.6) is 5.75 Å². The number of hydrogen-bond acceptors (Lipinski definition) is 6. The van der Waals surface area contributed by atoms with Crippen LogP contribution in [0.4, 0.5) is 5.88 Å². The second-order valence-corrected chi connectivity index (χ2v) is 5.77. The van der Waals surface area contributed by atoms with Gasteiger partial charge in [-0.25, -0.2) is 0 Å². The Morgan fingerprint density at radius 3 is 2.81 bits per heavy atom. The molecule has 138 valence electrons. The van der Waals surface area contributed by atoms with E-state index in [9.17, 15) is 14.9 Å². The lowest BCUT2D eigenvalue weighted by Gasteiger charge is -2.15. The number of ether oxygens (including phenoxy) is 1. The van der Waals surface area contributed by atoms with Gasteiger partial charge in [0.1, 0.15) is 17.3 Å². The smallest absolute Gasteiger partial charge is 0.433 e. The molecule has 3 aromatic rings. The first-order chi connectivity index (χ1) is 13.0. The Labute approximate surface area is 154 Å². The predicted molar refractivity (Wildman–Crippen MR) is 96.3 cm³/mol. The van der Waals surface area contributed by atoms with Gasteiger partial charge in [-0.3, -0.25) is 19.9 Å². The van der Waals surface area contributed by atoms with Crippen LogP contribution in [0.25, 0.3) is 0 Å². The van der Waals surface area contributed by atoms with Crippen molar-refractivity contribution in [3.8, 4) is 5.75 Å². The molecule has 1 aromatic carbocycles. The van der Waals surface area contributed by atoms with Crippen molar-refractivity contribution in [1.29, 1.82) is 0 Å². The third-order valence-electron chi connectivity index (χ3n) is 3.81. The lowest BCUT2D eigenvalue weighted by molar-refractivity contribution is -0.402. The fourth-order valence-electron chi connectivity index (χ4n) is 2.41. The number of nitrogens with zero attached hydrogens (tertiary/aromatic N) is 2. The number of aromatic nitrogens is 1. The van der Waals surface area contributed by atoms with Gasteiger partial charge < -0.3 is 14.5 Å². The van der Waals surface area contributed by atoms with Gasteiger partial charge in [0.05, 0.1) is 17.8 Å². The number of benzene rings is 1. The second kappa shape index (κ2) is 8.13. The Balaban J connectivity index is 1.63. The number of nitro groups is 1. The second-order valence-electron chi connectivity index (χ2n) is 5.77. The Bertz CT molecular complexity index is 939. The molecule has 0 aliphatic rings. The fourth-order valence-corrected chi connectivity index (χ4v) is 2.41. The summed E-state index contributed by atoms with van der Waals surface area (Å²) in [6.45, 7) is 2.13. The van der Waals surface area contributed by atoms with Crippen molar-refractivity contribution in [1.82, 2.24) is 10.3 Å². The monoisotopic (exact) mass is 367 g/mol. The molecule has 0 unspecified atom stereocenters. The average Bonchev–Trinajstić information content (AvgIpc) is 3.18. The van der Waals surface area contributed by atoms with Gasteiger partial charge in [-0.05, 0) is 42.8 Å². The molecule has 8 nitrogen and oxygen atoms in total. The first-order valence-electron chi connectivity index (χ1n) is 8.20. The number of nitrogens with one attached hydrogen (secondary N) is 1. The Morgan fingerprint density at radius 1 is 1.26 bits per heavy atom. The SMILES string of the molecule is C[C@@H](NC(=O)c1ccc([N+](=O)[O-])o1)c1cccc(OCc2ccccn2)c1. The molecule has 27 heavy (non-hydrogen) atoms. The molecular formula is C19H17N3O5. The first kappa shape index (κ1) is 18.1. The average molecular weight is 367 g/mol. The van der Waals surface area contributed by atoms with Gasteiger partial charge in [0.2, 0.25) is 0 Å². The van der Waals surface area contributed by atoms with Gasteiger partial charge in [0, 0.05) is 6.20 Å². The van der Waals surface area contributed by atoms with Gasteiger partial charge in [-0.15, -0.1) is 0 Å². The van der Waals surface area contributed by atoms with E-state index in [0.717, 1.165) is 17.3 Å². The van der Waals surface area contributed by atoms with Crippen LogP contribution in [0, 0.1) is 10.1 Å². The van der Waals surface area contributed by atoms with E-state index >= 15 is 0 Å². The molecule has 2 aromatic heterocycles. The quantitative estimate of drug-likeness (QED) is 0.504. The predicted octanol–water partition coefficient (Wildman–Crippen LogP) is 3.65. The van der Waals surface area contributed by atoms with Crippen molar-refractivity contribution < 1.29 is 18.9 Å². The highest BCUT2D eigenvalue weighted by Crippen LogP contribution is 2.21. The molecule has 0 spiro atoms. The van der Waals surface area contributed by atoms with E-state index in [4.69, 9.17) is 9.15 Å². The van der Waals surface area contributed by atoms with Crippen LogP contribution in [-0.4, -0.2) is 15.8 Å². The Hall–Kier alpha value is -3.68. The van der Waals surface area contributed by atoms with E-state index in [2.05, 4.69) is 10.3 Å². The summed E-state index contributed by atoms with van der Waals surface area (Å²) in [6, 6.07) is 15.0. The fraction of sp³-hybridized carbons (Fsp3) is 0.158. The lowest BCUT2D eigenvalue weighted by Crippen LogP contribution is -2.26. The molecule has 0 aliphatic heterocycles. The minimum Gasteiger partial charge on any atom is -0.487 e. The molecule has 0 aliphatic carbocycles. The Morgan fingerprint density at radius 2 is 2.11 bits per heavy atom.